The van der Waals surface area contributed by atoms with Gasteiger partial charge in [0.05, 0.1) is 12.2 Å². The summed E-state index contributed by atoms with van der Waals surface area (Å²) in [5.74, 6) is -0.138. The van der Waals surface area contributed by atoms with Crippen molar-refractivity contribution >= 4 is 23.2 Å². The molecular formula is C15H17N3O3S. The SMILES string of the molecule is CC1CCC(C(N)=O)CN1C(=O)c1csc(-c2ccco2)n1. The molecule has 0 aromatic carbocycles. The number of carbonyl (C=O) groups is 2. The number of nitrogens with zero attached hydrogens (tertiary/aromatic N) is 2. The minimum absolute atomic E-state index is 0.0804. The van der Waals surface area contributed by atoms with E-state index in [9.17, 15) is 9.59 Å². The maximum absolute atomic E-state index is 12.6. The zero-order valence-electron chi connectivity index (χ0n) is 12.2. The zero-order valence-corrected chi connectivity index (χ0v) is 13.0. The normalized spacial score (nSPS) is 21.8. The summed E-state index contributed by atoms with van der Waals surface area (Å²) in [6.45, 7) is 2.35. The van der Waals surface area contributed by atoms with Crippen LogP contribution in [0.2, 0.25) is 0 Å². The minimum atomic E-state index is -0.348. The van der Waals surface area contributed by atoms with E-state index in [0.717, 1.165) is 12.8 Å². The third-order valence-corrected chi connectivity index (χ3v) is 4.86. The molecule has 2 N–H and O–H groups in total. The Labute approximate surface area is 131 Å². The second-order valence-corrected chi connectivity index (χ2v) is 6.36. The number of hydrogen-bond donors (Lipinski definition) is 1. The number of thiazole rings is 1. The molecule has 0 aliphatic carbocycles. The quantitative estimate of drug-likeness (QED) is 0.938. The number of primary amides is 1. The smallest absolute Gasteiger partial charge is 0.273 e. The number of aromatic nitrogens is 1. The van der Waals surface area contributed by atoms with E-state index in [4.69, 9.17) is 10.2 Å². The second-order valence-electron chi connectivity index (χ2n) is 5.50. The summed E-state index contributed by atoms with van der Waals surface area (Å²) in [5, 5.41) is 2.39. The molecule has 1 aliphatic heterocycles. The topological polar surface area (TPSA) is 89.4 Å². The molecule has 0 bridgehead atoms. The first kappa shape index (κ1) is 14.8. The molecule has 0 spiro atoms. The van der Waals surface area contributed by atoms with E-state index in [-0.39, 0.29) is 23.8 Å². The van der Waals surface area contributed by atoms with E-state index >= 15 is 0 Å². The number of piperidine rings is 1. The lowest BCUT2D eigenvalue weighted by Crippen LogP contribution is -2.48. The Bertz CT molecular complexity index is 680. The number of carbonyl (C=O) groups excluding carboxylic acids is 2. The Morgan fingerprint density at radius 3 is 2.95 bits per heavy atom. The van der Waals surface area contributed by atoms with Crippen LogP contribution in [0.3, 0.4) is 0 Å². The summed E-state index contributed by atoms with van der Waals surface area (Å²) in [6, 6.07) is 3.67. The Balaban J connectivity index is 1.79. The number of amides is 2. The van der Waals surface area contributed by atoms with Crippen LogP contribution >= 0.6 is 11.3 Å². The molecule has 22 heavy (non-hydrogen) atoms. The molecule has 3 rings (SSSR count). The van der Waals surface area contributed by atoms with Crippen molar-refractivity contribution < 1.29 is 14.0 Å². The van der Waals surface area contributed by atoms with Crippen molar-refractivity contribution in [1.82, 2.24) is 9.88 Å². The van der Waals surface area contributed by atoms with Gasteiger partial charge in [-0.05, 0) is 31.9 Å². The van der Waals surface area contributed by atoms with Gasteiger partial charge in [-0.25, -0.2) is 4.98 Å². The first-order valence-electron chi connectivity index (χ1n) is 7.16. The van der Waals surface area contributed by atoms with Gasteiger partial charge in [0.15, 0.2) is 10.8 Å². The highest BCUT2D eigenvalue weighted by Crippen LogP contribution is 2.27. The van der Waals surface area contributed by atoms with Gasteiger partial charge >= 0.3 is 0 Å². The first-order valence-corrected chi connectivity index (χ1v) is 8.04. The van der Waals surface area contributed by atoms with Crippen molar-refractivity contribution in [3.05, 3.63) is 29.5 Å². The first-order chi connectivity index (χ1) is 10.6. The molecule has 2 amide bonds. The van der Waals surface area contributed by atoms with Crippen LogP contribution in [0.5, 0.6) is 0 Å². The fourth-order valence-electron chi connectivity index (χ4n) is 2.65. The van der Waals surface area contributed by atoms with Crippen molar-refractivity contribution in [3.63, 3.8) is 0 Å². The lowest BCUT2D eigenvalue weighted by Gasteiger charge is -2.36. The van der Waals surface area contributed by atoms with Crippen LogP contribution in [0.4, 0.5) is 0 Å². The van der Waals surface area contributed by atoms with Gasteiger partial charge in [-0.3, -0.25) is 9.59 Å². The van der Waals surface area contributed by atoms with E-state index in [1.807, 2.05) is 6.92 Å². The molecule has 2 aromatic heterocycles. The fraction of sp³-hybridized carbons (Fsp3) is 0.400. The highest BCUT2D eigenvalue weighted by Gasteiger charge is 2.33. The summed E-state index contributed by atoms with van der Waals surface area (Å²) in [5.41, 5.74) is 5.76. The molecule has 7 heteroatoms. The number of nitrogens with two attached hydrogens (primary N) is 1. The van der Waals surface area contributed by atoms with Gasteiger partial charge in [0.1, 0.15) is 5.69 Å². The van der Waals surface area contributed by atoms with Crippen LogP contribution in [0.25, 0.3) is 10.8 Å². The molecule has 2 aromatic rings. The average Bonchev–Trinajstić information content (AvgIpc) is 3.17. The van der Waals surface area contributed by atoms with Crippen LogP contribution in [-0.4, -0.2) is 34.3 Å². The largest absolute Gasteiger partial charge is 0.462 e. The number of hydrogen-bond acceptors (Lipinski definition) is 5. The van der Waals surface area contributed by atoms with Crippen molar-refractivity contribution in [2.24, 2.45) is 11.7 Å². The highest BCUT2D eigenvalue weighted by atomic mass is 32.1. The van der Waals surface area contributed by atoms with E-state index < -0.39 is 0 Å². The highest BCUT2D eigenvalue weighted by molar-refractivity contribution is 7.13. The van der Waals surface area contributed by atoms with Crippen molar-refractivity contribution in [2.75, 3.05) is 6.54 Å². The summed E-state index contributed by atoms with van der Waals surface area (Å²) in [6.07, 6.45) is 3.08. The van der Waals surface area contributed by atoms with E-state index in [1.54, 1.807) is 28.7 Å². The molecule has 0 saturated carbocycles. The van der Waals surface area contributed by atoms with Gasteiger partial charge in [0, 0.05) is 18.0 Å². The van der Waals surface area contributed by atoms with E-state index in [2.05, 4.69) is 4.98 Å². The van der Waals surface area contributed by atoms with Gasteiger partial charge in [0.25, 0.3) is 5.91 Å². The molecule has 0 radical (unpaired) electrons. The van der Waals surface area contributed by atoms with Crippen molar-refractivity contribution in [3.8, 4) is 10.8 Å². The van der Waals surface area contributed by atoms with Crippen molar-refractivity contribution in [2.45, 2.75) is 25.8 Å². The van der Waals surface area contributed by atoms with Crippen molar-refractivity contribution in [1.29, 1.82) is 0 Å². The maximum Gasteiger partial charge on any atom is 0.273 e. The Kier molecular flexibility index (Phi) is 3.98. The Morgan fingerprint density at radius 2 is 2.27 bits per heavy atom. The predicted octanol–water partition coefficient (Wildman–Crippen LogP) is 2.13. The maximum atomic E-state index is 12.6. The minimum Gasteiger partial charge on any atom is -0.462 e. The number of likely N-dealkylation sites (tertiary alicyclic amines) is 1. The molecule has 1 saturated heterocycles. The molecular weight excluding hydrogens is 302 g/mol. The summed E-state index contributed by atoms with van der Waals surface area (Å²) >= 11 is 1.36. The van der Waals surface area contributed by atoms with Crippen LogP contribution in [-0.2, 0) is 4.79 Å². The van der Waals surface area contributed by atoms with E-state index in [1.165, 1.54) is 11.3 Å². The van der Waals surface area contributed by atoms with Gasteiger partial charge < -0.3 is 15.1 Å². The Hall–Kier alpha value is -2.15. The molecule has 6 nitrogen and oxygen atoms in total. The monoisotopic (exact) mass is 319 g/mol. The lowest BCUT2D eigenvalue weighted by atomic mass is 9.93. The van der Waals surface area contributed by atoms with Gasteiger partial charge in [-0.2, -0.15) is 0 Å². The second kappa shape index (κ2) is 5.92. The third kappa shape index (κ3) is 2.76. The van der Waals surface area contributed by atoms with Gasteiger partial charge in [-0.15, -0.1) is 11.3 Å². The molecule has 2 atom stereocenters. The Morgan fingerprint density at radius 1 is 1.45 bits per heavy atom. The molecule has 3 heterocycles. The molecule has 116 valence electrons. The van der Waals surface area contributed by atoms with Crippen LogP contribution in [0, 0.1) is 5.92 Å². The lowest BCUT2D eigenvalue weighted by molar-refractivity contribution is -0.123. The summed E-state index contributed by atoms with van der Waals surface area (Å²) in [4.78, 5) is 30.1. The molecule has 2 unspecified atom stereocenters. The van der Waals surface area contributed by atoms with Gasteiger partial charge in [0.2, 0.25) is 5.91 Å². The zero-order chi connectivity index (χ0) is 15.7. The summed E-state index contributed by atoms with van der Waals surface area (Å²) < 4.78 is 5.29. The molecule has 1 aliphatic rings. The fourth-order valence-corrected chi connectivity index (χ4v) is 3.41. The van der Waals surface area contributed by atoms with E-state index in [0.29, 0.717) is 23.0 Å². The van der Waals surface area contributed by atoms with Crippen LogP contribution < -0.4 is 5.73 Å². The van der Waals surface area contributed by atoms with Crippen LogP contribution in [0.1, 0.15) is 30.3 Å². The summed E-state index contributed by atoms with van der Waals surface area (Å²) in [7, 11) is 0. The number of furan rings is 1. The molecule has 1 fully saturated rings. The average molecular weight is 319 g/mol. The van der Waals surface area contributed by atoms with Crippen LogP contribution in [0.15, 0.2) is 28.2 Å². The standard InChI is InChI=1S/C15H17N3O3S/c1-9-4-5-10(13(16)19)7-18(9)15(20)11-8-22-14(17-11)12-3-2-6-21-12/h2-3,6,8-10H,4-5,7H2,1H3,(H2,16,19). The number of rotatable bonds is 3. The third-order valence-electron chi connectivity index (χ3n) is 4.00. The predicted molar refractivity (Wildman–Crippen MR) is 82.2 cm³/mol. The van der Waals surface area contributed by atoms with Gasteiger partial charge in [-0.1, -0.05) is 0 Å².